The van der Waals surface area contributed by atoms with Crippen LogP contribution in [0.2, 0.25) is 0 Å². The predicted octanol–water partition coefficient (Wildman–Crippen LogP) is 1.86. The highest BCUT2D eigenvalue weighted by molar-refractivity contribution is 5.07. The number of hydrogen-bond donors (Lipinski definition) is 1. The molecule has 2 fully saturated rings. The number of likely N-dealkylation sites (tertiary alicyclic amines) is 1. The van der Waals surface area contributed by atoms with Crippen molar-refractivity contribution in [3.8, 4) is 0 Å². The monoisotopic (exact) mass is 240 g/mol. The van der Waals surface area contributed by atoms with Gasteiger partial charge in [-0.05, 0) is 30.6 Å². The summed E-state index contributed by atoms with van der Waals surface area (Å²) in [5, 5.41) is 0. The van der Waals surface area contributed by atoms with Crippen LogP contribution in [0.5, 0.6) is 0 Å². The number of nitrogens with zero attached hydrogens (tertiary/aromatic N) is 1. The second-order valence-electron chi connectivity index (χ2n) is 6.85. The van der Waals surface area contributed by atoms with E-state index in [1.165, 1.54) is 12.8 Å². The largest absolute Gasteiger partial charge is 0.380 e. The summed E-state index contributed by atoms with van der Waals surface area (Å²) in [6.45, 7) is 10.1. The highest BCUT2D eigenvalue weighted by atomic mass is 16.5. The normalized spacial score (nSPS) is 42.2. The predicted molar refractivity (Wildman–Crippen MR) is 71.0 cm³/mol. The fraction of sp³-hybridized carbons (Fsp3) is 1.00. The van der Waals surface area contributed by atoms with Crippen LogP contribution in [0.4, 0.5) is 0 Å². The average Bonchev–Trinajstić information content (AvgIpc) is 2.81. The van der Waals surface area contributed by atoms with Gasteiger partial charge in [0.1, 0.15) is 0 Å². The number of nitrogens with two attached hydrogens (primary N) is 1. The van der Waals surface area contributed by atoms with Crippen LogP contribution in [0.1, 0.15) is 40.0 Å². The minimum Gasteiger partial charge on any atom is -0.380 e. The first kappa shape index (κ1) is 13.3. The van der Waals surface area contributed by atoms with Gasteiger partial charge < -0.3 is 10.5 Å². The molecule has 1 aliphatic heterocycles. The summed E-state index contributed by atoms with van der Waals surface area (Å²) < 4.78 is 5.50. The van der Waals surface area contributed by atoms with Crippen molar-refractivity contribution in [2.75, 3.05) is 26.7 Å². The molecule has 17 heavy (non-hydrogen) atoms. The summed E-state index contributed by atoms with van der Waals surface area (Å²) in [6, 6.07) is 0. The quantitative estimate of drug-likeness (QED) is 0.818. The van der Waals surface area contributed by atoms with Gasteiger partial charge in [-0.1, -0.05) is 20.8 Å². The SMILES string of the molecule is COC1CCN(C2(CN)CC(C)(C)CC2C)C1. The molecule has 3 atom stereocenters. The molecule has 2 rings (SSSR count). The van der Waals surface area contributed by atoms with Crippen molar-refractivity contribution in [1.29, 1.82) is 0 Å². The summed E-state index contributed by atoms with van der Waals surface area (Å²) in [5.74, 6) is 0.693. The van der Waals surface area contributed by atoms with Gasteiger partial charge in [-0.25, -0.2) is 0 Å². The minimum atomic E-state index is 0.219. The van der Waals surface area contributed by atoms with Crippen LogP contribution in [0, 0.1) is 11.3 Å². The summed E-state index contributed by atoms with van der Waals surface area (Å²) in [5.41, 5.74) is 6.82. The number of hydrogen-bond acceptors (Lipinski definition) is 3. The number of methoxy groups -OCH3 is 1. The van der Waals surface area contributed by atoms with Crippen molar-refractivity contribution in [2.24, 2.45) is 17.1 Å². The Hall–Kier alpha value is -0.120. The fourth-order valence-corrected chi connectivity index (χ4v) is 4.24. The van der Waals surface area contributed by atoms with Crippen molar-refractivity contribution in [3.63, 3.8) is 0 Å². The molecule has 0 amide bonds. The van der Waals surface area contributed by atoms with Crippen molar-refractivity contribution in [3.05, 3.63) is 0 Å². The highest BCUT2D eigenvalue weighted by Gasteiger charge is 2.52. The Balaban J connectivity index is 2.15. The molecule has 3 nitrogen and oxygen atoms in total. The highest BCUT2D eigenvalue weighted by Crippen LogP contribution is 2.50. The van der Waals surface area contributed by atoms with Crippen LogP contribution >= 0.6 is 0 Å². The zero-order valence-electron chi connectivity index (χ0n) is 11.8. The fourth-order valence-electron chi connectivity index (χ4n) is 4.24. The molecule has 0 aromatic carbocycles. The molecule has 1 saturated heterocycles. The van der Waals surface area contributed by atoms with Crippen molar-refractivity contribution in [2.45, 2.75) is 51.7 Å². The van der Waals surface area contributed by atoms with Gasteiger partial charge in [-0.3, -0.25) is 4.90 Å². The molecule has 0 spiro atoms. The van der Waals surface area contributed by atoms with E-state index in [1.54, 1.807) is 0 Å². The number of ether oxygens (including phenoxy) is 1. The smallest absolute Gasteiger partial charge is 0.0710 e. The second kappa shape index (κ2) is 4.52. The summed E-state index contributed by atoms with van der Waals surface area (Å²) in [6.07, 6.45) is 4.09. The first-order chi connectivity index (χ1) is 7.93. The minimum absolute atomic E-state index is 0.219. The van der Waals surface area contributed by atoms with E-state index in [2.05, 4.69) is 25.7 Å². The Labute approximate surface area is 106 Å². The van der Waals surface area contributed by atoms with E-state index in [9.17, 15) is 0 Å². The molecule has 1 saturated carbocycles. The van der Waals surface area contributed by atoms with Crippen LogP contribution in [-0.4, -0.2) is 43.3 Å². The molecule has 1 heterocycles. The topological polar surface area (TPSA) is 38.5 Å². The van der Waals surface area contributed by atoms with Gasteiger partial charge in [0.15, 0.2) is 0 Å². The summed E-state index contributed by atoms with van der Waals surface area (Å²) >= 11 is 0. The molecule has 0 aromatic rings. The molecule has 0 bridgehead atoms. The van der Waals surface area contributed by atoms with Gasteiger partial charge in [0.25, 0.3) is 0 Å². The number of rotatable bonds is 3. The first-order valence-electron chi connectivity index (χ1n) is 6.91. The Morgan fingerprint density at radius 2 is 2.12 bits per heavy atom. The molecule has 3 heteroatoms. The maximum absolute atomic E-state index is 6.16. The summed E-state index contributed by atoms with van der Waals surface area (Å²) in [4.78, 5) is 2.61. The van der Waals surface area contributed by atoms with E-state index in [-0.39, 0.29) is 5.54 Å². The maximum atomic E-state index is 6.16. The lowest BCUT2D eigenvalue weighted by atomic mass is 9.85. The lowest BCUT2D eigenvalue weighted by Gasteiger charge is -2.42. The molecule has 2 aliphatic rings. The van der Waals surface area contributed by atoms with Gasteiger partial charge >= 0.3 is 0 Å². The molecule has 1 aliphatic carbocycles. The van der Waals surface area contributed by atoms with Crippen LogP contribution in [0.15, 0.2) is 0 Å². The van der Waals surface area contributed by atoms with Crippen molar-refractivity contribution < 1.29 is 4.74 Å². The third kappa shape index (κ3) is 2.25. The lowest BCUT2D eigenvalue weighted by Crippen LogP contribution is -2.55. The van der Waals surface area contributed by atoms with E-state index in [4.69, 9.17) is 10.5 Å². The third-order valence-corrected chi connectivity index (χ3v) is 5.02. The van der Waals surface area contributed by atoms with Gasteiger partial charge in [0.05, 0.1) is 6.10 Å². The van der Waals surface area contributed by atoms with E-state index in [1.807, 2.05) is 7.11 Å². The van der Waals surface area contributed by atoms with Gasteiger partial charge in [0.2, 0.25) is 0 Å². The first-order valence-corrected chi connectivity index (χ1v) is 6.91. The van der Waals surface area contributed by atoms with Gasteiger partial charge in [0, 0.05) is 32.3 Å². The Bertz CT molecular complexity index is 279. The molecular weight excluding hydrogens is 212 g/mol. The molecule has 3 unspecified atom stereocenters. The van der Waals surface area contributed by atoms with E-state index < -0.39 is 0 Å². The van der Waals surface area contributed by atoms with E-state index >= 15 is 0 Å². The van der Waals surface area contributed by atoms with Crippen molar-refractivity contribution >= 4 is 0 Å². The van der Waals surface area contributed by atoms with E-state index in [0.717, 1.165) is 26.1 Å². The lowest BCUT2D eigenvalue weighted by molar-refractivity contribution is 0.0526. The van der Waals surface area contributed by atoms with Gasteiger partial charge in [-0.2, -0.15) is 0 Å². The summed E-state index contributed by atoms with van der Waals surface area (Å²) in [7, 11) is 1.82. The standard InChI is InChI=1S/C14H28N2O/c1-11-7-13(2,3)9-14(11,10-15)16-6-5-12(8-16)17-4/h11-12H,5-10,15H2,1-4H3. The van der Waals surface area contributed by atoms with Crippen LogP contribution in [0.3, 0.4) is 0 Å². The molecule has 2 N–H and O–H groups in total. The van der Waals surface area contributed by atoms with E-state index in [0.29, 0.717) is 17.4 Å². The zero-order valence-corrected chi connectivity index (χ0v) is 11.8. The van der Waals surface area contributed by atoms with Gasteiger partial charge in [-0.15, -0.1) is 0 Å². The van der Waals surface area contributed by atoms with Crippen LogP contribution in [0.25, 0.3) is 0 Å². The Morgan fingerprint density at radius 3 is 2.53 bits per heavy atom. The molecular formula is C14H28N2O. The molecule has 0 aromatic heterocycles. The third-order valence-electron chi connectivity index (χ3n) is 5.02. The Morgan fingerprint density at radius 1 is 1.41 bits per heavy atom. The van der Waals surface area contributed by atoms with Crippen molar-refractivity contribution in [1.82, 2.24) is 4.90 Å². The van der Waals surface area contributed by atoms with Crippen LogP contribution < -0.4 is 5.73 Å². The van der Waals surface area contributed by atoms with Crippen LogP contribution in [-0.2, 0) is 4.74 Å². The molecule has 100 valence electrons. The Kier molecular flexibility index (Phi) is 3.54. The average molecular weight is 240 g/mol. The molecule has 0 radical (unpaired) electrons. The maximum Gasteiger partial charge on any atom is 0.0710 e. The zero-order chi connectivity index (χ0) is 12.7. The second-order valence-corrected chi connectivity index (χ2v) is 6.85.